The lowest BCUT2D eigenvalue weighted by atomic mass is 9.91. The minimum atomic E-state index is -1.46. The third-order valence-corrected chi connectivity index (χ3v) is 3.85. The number of carbonyl (C=O) groups excluding carboxylic acids is 4. The second kappa shape index (κ2) is 10.6. The van der Waals surface area contributed by atoms with Crippen LogP contribution in [0.1, 0.15) is 40.0 Å². The lowest BCUT2D eigenvalue weighted by molar-refractivity contribution is -0.249. The fourth-order valence-corrected chi connectivity index (χ4v) is 2.89. The highest BCUT2D eigenvalue weighted by Crippen LogP contribution is 2.31. The number of carboxylic acid groups (broad SMARTS) is 1. The van der Waals surface area contributed by atoms with Gasteiger partial charge in [-0.05, 0) is 12.8 Å². The molecule has 1 aliphatic rings. The first-order valence-corrected chi connectivity index (χ1v) is 8.53. The van der Waals surface area contributed by atoms with Gasteiger partial charge in [0.25, 0.3) is 0 Å². The molecule has 1 aliphatic heterocycles. The molecule has 1 fully saturated rings. The molecule has 11 heteroatoms. The first-order chi connectivity index (χ1) is 13.1. The summed E-state index contributed by atoms with van der Waals surface area (Å²) in [5, 5.41) is 8.82. The minimum Gasteiger partial charge on any atom is -0.481 e. The number of hydrogen-bond donors (Lipinski definition) is 1. The van der Waals surface area contributed by atoms with E-state index in [0.717, 1.165) is 27.9 Å². The quantitative estimate of drug-likeness (QED) is 0.429. The normalized spacial score (nSPS) is 26.6. The summed E-state index contributed by atoms with van der Waals surface area (Å²) in [5.41, 5.74) is 0. The number of aliphatic carboxylic acids is 1. The maximum Gasteiger partial charge on any atom is 0.339 e. The van der Waals surface area contributed by atoms with E-state index in [1.54, 1.807) is 0 Å². The summed E-state index contributed by atoms with van der Waals surface area (Å²) in [5.74, 6) is -4.22. The Labute approximate surface area is 161 Å². The molecule has 0 aromatic carbocycles. The zero-order valence-electron chi connectivity index (χ0n) is 16.0. The highest BCUT2D eigenvalue weighted by Gasteiger charge is 2.54. The number of esters is 4. The summed E-state index contributed by atoms with van der Waals surface area (Å²) < 4.78 is 25.8. The summed E-state index contributed by atoms with van der Waals surface area (Å²) in [4.78, 5) is 57.6. The SMILES string of the molecule is COC(=O)[C@H]1O[C@@H](CCCC(=O)O)[C@H](OC(C)=O)[C@@H](OC(C)=O)[C@@H]1OC(C)=O. The van der Waals surface area contributed by atoms with Crippen LogP contribution >= 0.6 is 0 Å². The summed E-state index contributed by atoms with van der Waals surface area (Å²) in [6, 6.07) is 0. The molecule has 0 amide bonds. The largest absolute Gasteiger partial charge is 0.481 e. The number of carbonyl (C=O) groups is 5. The van der Waals surface area contributed by atoms with Crippen molar-refractivity contribution >= 4 is 29.8 Å². The van der Waals surface area contributed by atoms with Crippen molar-refractivity contribution in [2.24, 2.45) is 0 Å². The number of carboxylic acids is 1. The number of hydrogen-bond acceptors (Lipinski definition) is 10. The second-order valence-corrected chi connectivity index (χ2v) is 6.13. The summed E-state index contributed by atoms with van der Waals surface area (Å²) in [7, 11) is 1.09. The van der Waals surface area contributed by atoms with E-state index in [1.807, 2.05) is 0 Å². The Balaban J connectivity index is 3.28. The fourth-order valence-electron chi connectivity index (χ4n) is 2.89. The van der Waals surface area contributed by atoms with Crippen molar-refractivity contribution < 1.29 is 52.8 Å². The average molecular weight is 404 g/mol. The van der Waals surface area contributed by atoms with E-state index < -0.39 is 60.4 Å². The maximum absolute atomic E-state index is 12.2. The summed E-state index contributed by atoms with van der Waals surface area (Å²) in [6.45, 7) is 3.29. The third-order valence-electron chi connectivity index (χ3n) is 3.85. The van der Waals surface area contributed by atoms with Crippen LogP contribution < -0.4 is 0 Å². The Hall–Kier alpha value is -2.69. The van der Waals surface area contributed by atoms with Crippen molar-refractivity contribution in [3.8, 4) is 0 Å². The standard InChI is InChI=1S/C17H24O11/c1-8(18)25-13-11(6-5-7-12(21)22)28-16(17(23)24-4)15(27-10(3)20)14(13)26-9(2)19/h11,13-16H,5-7H2,1-4H3,(H,21,22)/t11-,13-,14+,15-,16-/m0/s1. The lowest BCUT2D eigenvalue weighted by Gasteiger charge is -2.43. The second-order valence-electron chi connectivity index (χ2n) is 6.13. The summed E-state index contributed by atoms with van der Waals surface area (Å²) in [6.07, 6.45) is -6.43. The van der Waals surface area contributed by atoms with Gasteiger partial charge in [-0.3, -0.25) is 19.2 Å². The van der Waals surface area contributed by atoms with Crippen LogP contribution in [-0.4, -0.2) is 72.6 Å². The number of methoxy groups -OCH3 is 1. The third kappa shape index (κ3) is 6.80. The van der Waals surface area contributed by atoms with Gasteiger partial charge in [0.15, 0.2) is 24.4 Å². The highest BCUT2D eigenvalue weighted by atomic mass is 16.7. The first kappa shape index (κ1) is 23.3. The molecule has 28 heavy (non-hydrogen) atoms. The average Bonchev–Trinajstić information content (AvgIpc) is 2.57. The Kier molecular flexibility index (Phi) is 8.83. The Morgan fingerprint density at radius 1 is 0.857 bits per heavy atom. The van der Waals surface area contributed by atoms with Crippen molar-refractivity contribution in [3.05, 3.63) is 0 Å². The van der Waals surface area contributed by atoms with E-state index in [4.69, 9.17) is 24.1 Å². The molecule has 1 rings (SSSR count). The van der Waals surface area contributed by atoms with Gasteiger partial charge >= 0.3 is 29.8 Å². The number of rotatable bonds is 8. The van der Waals surface area contributed by atoms with E-state index in [2.05, 4.69) is 4.74 Å². The van der Waals surface area contributed by atoms with Crippen LogP contribution in [0.3, 0.4) is 0 Å². The molecule has 0 aliphatic carbocycles. The van der Waals surface area contributed by atoms with E-state index in [9.17, 15) is 24.0 Å². The van der Waals surface area contributed by atoms with Crippen molar-refractivity contribution in [3.63, 3.8) is 0 Å². The van der Waals surface area contributed by atoms with Gasteiger partial charge in [-0.1, -0.05) is 0 Å². The molecule has 1 saturated heterocycles. The van der Waals surface area contributed by atoms with Gasteiger partial charge < -0.3 is 28.8 Å². The van der Waals surface area contributed by atoms with Gasteiger partial charge in [0.2, 0.25) is 0 Å². The molecule has 0 bridgehead atoms. The molecule has 0 radical (unpaired) electrons. The van der Waals surface area contributed by atoms with Crippen LogP contribution in [0, 0.1) is 0 Å². The van der Waals surface area contributed by atoms with Gasteiger partial charge in [0.1, 0.15) is 0 Å². The monoisotopic (exact) mass is 404 g/mol. The molecular weight excluding hydrogens is 380 g/mol. The minimum absolute atomic E-state index is 0.0717. The molecular formula is C17H24O11. The van der Waals surface area contributed by atoms with Gasteiger partial charge in [-0.25, -0.2) is 4.79 Å². The van der Waals surface area contributed by atoms with Crippen LogP contribution in [0.15, 0.2) is 0 Å². The molecule has 0 unspecified atom stereocenters. The predicted molar refractivity (Wildman–Crippen MR) is 88.8 cm³/mol. The van der Waals surface area contributed by atoms with Crippen LogP contribution in [-0.2, 0) is 47.7 Å². The van der Waals surface area contributed by atoms with E-state index >= 15 is 0 Å². The Morgan fingerprint density at radius 2 is 1.36 bits per heavy atom. The molecule has 158 valence electrons. The predicted octanol–water partition coefficient (Wildman–Crippen LogP) is -0.0232. The summed E-state index contributed by atoms with van der Waals surface area (Å²) >= 11 is 0. The zero-order valence-corrected chi connectivity index (χ0v) is 16.0. The van der Waals surface area contributed by atoms with Gasteiger partial charge in [0, 0.05) is 27.2 Å². The van der Waals surface area contributed by atoms with Crippen LogP contribution in [0.2, 0.25) is 0 Å². The first-order valence-electron chi connectivity index (χ1n) is 8.53. The fraction of sp³-hybridized carbons (Fsp3) is 0.706. The van der Waals surface area contributed by atoms with Gasteiger partial charge in [-0.2, -0.15) is 0 Å². The van der Waals surface area contributed by atoms with Crippen molar-refractivity contribution in [2.75, 3.05) is 7.11 Å². The van der Waals surface area contributed by atoms with Crippen molar-refractivity contribution in [2.45, 2.75) is 70.6 Å². The Morgan fingerprint density at radius 3 is 1.82 bits per heavy atom. The van der Waals surface area contributed by atoms with Crippen LogP contribution in [0.25, 0.3) is 0 Å². The molecule has 0 aromatic heterocycles. The van der Waals surface area contributed by atoms with Crippen molar-refractivity contribution in [1.29, 1.82) is 0 Å². The molecule has 0 aromatic rings. The van der Waals surface area contributed by atoms with E-state index in [1.165, 1.54) is 0 Å². The molecule has 5 atom stereocenters. The zero-order chi connectivity index (χ0) is 21.4. The lowest BCUT2D eigenvalue weighted by Crippen LogP contribution is -2.63. The number of ether oxygens (including phenoxy) is 5. The van der Waals surface area contributed by atoms with E-state index in [-0.39, 0.29) is 19.3 Å². The van der Waals surface area contributed by atoms with Gasteiger partial charge in [-0.15, -0.1) is 0 Å². The smallest absolute Gasteiger partial charge is 0.339 e. The van der Waals surface area contributed by atoms with Crippen LogP contribution in [0.5, 0.6) is 0 Å². The topological polar surface area (TPSA) is 152 Å². The van der Waals surface area contributed by atoms with Gasteiger partial charge in [0.05, 0.1) is 13.2 Å². The molecule has 11 nitrogen and oxygen atoms in total. The highest BCUT2D eigenvalue weighted by molar-refractivity contribution is 5.77. The molecule has 1 N–H and O–H groups in total. The van der Waals surface area contributed by atoms with E-state index in [0.29, 0.717) is 0 Å². The molecule has 0 saturated carbocycles. The Bertz CT molecular complexity index is 614. The maximum atomic E-state index is 12.2. The van der Waals surface area contributed by atoms with Crippen LogP contribution in [0.4, 0.5) is 0 Å². The molecule has 1 heterocycles. The van der Waals surface area contributed by atoms with Crippen molar-refractivity contribution in [1.82, 2.24) is 0 Å². The molecule has 0 spiro atoms.